The Morgan fingerprint density at radius 2 is 1.82 bits per heavy atom. The van der Waals surface area contributed by atoms with Gasteiger partial charge in [0.25, 0.3) is 5.91 Å². The minimum atomic E-state index is -0.540. The molecule has 1 saturated heterocycles. The van der Waals surface area contributed by atoms with Crippen LogP contribution in [0.4, 0.5) is 10.5 Å². The van der Waals surface area contributed by atoms with Crippen LogP contribution in [0.5, 0.6) is 0 Å². The van der Waals surface area contributed by atoms with Gasteiger partial charge >= 0.3 is 6.03 Å². The summed E-state index contributed by atoms with van der Waals surface area (Å²) < 4.78 is 0. The fourth-order valence-electron chi connectivity index (χ4n) is 1.58. The standard InChI is InChI=1S/C11H12N4O2/c12-9(13)8-6-15(11(17)14-10(8)16)7-4-2-1-3-5-7/h1-5H,6,12-13H2,(H,14,16,17). The van der Waals surface area contributed by atoms with Crippen molar-refractivity contribution >= 4 is 17.6 Å². The maximum Gasteiger partial charge on any atom is 0.329 e. The third-order valence-electron chi connectivity index (χ3n) is 2.47. The highest BCUT2D eigenvalue weighted by Gasteiger charge is 2.29. The molecule has 88 valence electrons. The van der Waals surface area contributed by atoms with Crippen molar-refractivity contribution in [1.82, 2.24) is 5.32 Å². The summed E-state index contributed by atoms with van der Waals surface area (Å²) in [5, 5.41) is 2.19. The van der Waals surface area contributed by atoms with E-state index in [9.17, 15) is 9.59 Å². The quantitative estimate of drug-likeness (QED) is 0.587. The van der Waals surface area contributed by atoms with Gasteiger partial charge in [-0.05, 0) is 12.1 Å². The second-order valence-electron chi connectivity index (χ2n) is 3.61. The van der Waals surface area contributed by atoms with E-state index in [1.165, 1.54) is 4.90 Å². The number of nitrogens with two attached hydrogens (primary N) is 2. The van der Waals surface area contributed by atoms with Crippen LogP contribution in [0, 0.1) is 0 Å². The number of hydrogen-bond acceptors (Lipinski definition) is 4. The van der Waals surface area contributed by atoms with Crippen molar-refractivity contribution in [3.63, 3.8) is 0 Å². The normalized spacial score (nSPS) is 15.8. The van der Waals surface area contributed by atoms with Gasteiger partial charge in [0.15, 0.2) is 0 Å². The van der Waals surface area contributed by atoms with Crippen LogP contribution in [0.25, 0.3) is 0 Å². The third kappa shape index (κ3) is 2.05. The molecule has 0 radical (unpaired) electrons. The molecule has 0 bridgehead atoms. The van der Waals surface area contributed by atoms with Gasteiger partial charge in [0, 0.05) is 5.69 Å². The van der Waals surface area contributed by atoms with Crippen LogP contribution >= 0.6 is 0 Å². The number of nitrogens with zero attached hydrogens (tertiary/aromatic N) is 1. The van der Waals surface area contributed by atoms with Gasteiger partial charge < -0.3 is 11.5 Å². The Bertz CT molecular complexity index is 491. The molecule has 6 heteroatoms. The number of imide groups is 1. The molecule has 0 aromatic heterocycles. The first-order valence-electron chi connectivity index (χ1n) is 5.01. The first kappa shape index (κ1) is 11.0. The molecule has 2 rings (SSSR count). The molecule has 5 N–H and O–H groups in total. The van der Waals surface area contributed by atoms with E-state index >= 15 is 0 Å². The van der Waals surface area contributed by atoms with Crippen LogP contribution in [-0.4, -0.2) is 18.5 Å². The van der Waals surface area contributed by atoms with Crippen molar-refractivity contribution < 1.29 is 9.59 Å². The Morgan fingerprint density at radius 3 is 2.41 bits per heavy atom. The molecular weight excluding hydrogens is 220 g/mol. The number of rotatable bonds is 1. The fraction of sp³-hybridized carbons (Fsp3) is 0.0909. The third-order valence-corrected chi connectivity index (χ3v) is 2.47. The lowest BCUT2D eigenvalue weighted by Crippen LogP contribution is -2.52. The molecule has 1 aliphatic rings. The molecule has 0 spiro atoms. The monoisotopic (exact) mass is 232 g/mol. The molecule has 1 heterocycles. The second kappa shape index (κ2) is 4.17. The highest BCUT2D eigenvalue weighted by molar-refractivity contribution is 6.13. The molecule has 6 nitrogen and oxygen atoms in total. The molecular formula is C11H12N4O2. The smallest absolute Gasteiger partial charge is 0.329 e. The molecule has 0 aliphatic carbocycles. The number of carbonyl (C=O) groups is 2. The van der Waals surface area contributed by atoms with E-state index in [4.69, 9.17) is 11.5 Å². The van der Waals surface area contributed by atoms with Crippen LogP contribution < -0.4 is 21.7 Å². The van der Waals surface area contributed by atoms with E-state index in [-0.39, 0.29) is 17.9 Å². The number of hydrogen-bond donors (Lipinski definition) is 3. The van der Waals surface area contributed by atoms with Gasteiger partial charge in [-0.25, -0.2) is 4.79 Å². The first-order valence-corrected chi connectivity index (χ1v) is 5.01. The summed E-state index contributed by atoms with van der Waals surface area (Å²) in [5.41, 5.74) is 11.7. The van der Waals surface area contributed by atoms with Crippen molar-refractivity contribution in [3.05, 3.63) is 41.7 Å². The van der Waals surface area contributed by atoms with Crippen molar-refractivity contribution in [2.24, 2.45) is 11.5 Å². The highest BCUT2D eigenvalue weighted by Crippen LogP contribution is 2.18. The lowest BCUT2D eigenvalue weighted by molar-refractivity contribution is -0.116. The van der Waals surface area contributed by atoms with E-state index in [1.54, 1.807) is 24.3 Å². The maximum absolute atomic E-state index is 11.7. The number of anilines is 1. The van der Waals surface area contributed by atoms with Gasteiger partial charge in [0.1, 0.15) is 5.82 Å². The van der Waals surface area contributed by atoms with E-state index in [1.807, 2.05) is 6.07 Å². The SMILES string of the molecule is NC(N)=C1CN(c2ccccc2)C(=O)NC1=O. The topological polar surface area (TPSA) is 101 Å². The van der Waals surface area contributed by atoms with Crippen molar-refractivity contribution in [2.75, 3.05) is 11.4 Å². The van der Waals surface area contributed by atoms with E-state index in [2.05, 4.69) is 5.32 Å². The number of amides is 3. The van der Waals surface area contributed by atoms with E-state index in [0.29, 0.717) is 5.69 Å². The van der Waals surface area contributed by atoms with Crippen LogP contribution in [0.15, 0.2) is 41.7 Å². The van der Waals surface area contributed by atoms with Crippen LogP contribution in [0.2, 0.25) is 0 Å². The Labute approximate surface area is 97.9 Å². The van der Waals surface area contributed by atoms with Crippen LogP contribution in [0.3, 0.4) is 0 Å². The Morgan fingerprint density at radius 1 is 1.18 bits per heavy atom. The molecule has 1 aromatic rings. The highest BCUT2D eigenvalue weighted by atomic mass is 16.2. The fourth-order valence-corrected chi connectivity index (χ4v) is 1.58. The Kier molecular flexibility index (Phi) is 2.70. The summed E-state index contributed by atoms with van der Waals surface area (Å²) in [4.78, 5) is 24.5. The predicted molar refractivity (Wildman–Crippen MR) is 62.7 cm³/mol. The molecule has 17 heavy (non-hydrogen) atoms. The van der Waals surface area contributed by atoms with E-state index < -0.39 is 11.9 Å². The maximum atomic E-state index is 11.7. The zero-order chi connectivity index (χ0) is 12.4. The van der Waals surface area contributed by atoms with Gasteiger partial charge in [-0.3, -0.25) is 15.0 Å². The number of carbonyl (C=O) groups excluding carboxylic acids is 2. The van der Waals surface area contributed by atoms with Crippen LogP contribution in [-0.2, 0) is 4.79 Å². The minimum Gasteiger partial charge on any atom is -0.385 e. The average Bonchev–Trinajstić information content (AvgIpc) is 2.29. The summed E-state index contributed by atoms with van der Waals surface area (Å²) >= 11 is 0. The molecule has 1 fully saturated rings. The Balaban J connectivity index is 2.34. The van der Waals surface area contributed by atoms with E-state index in [0.717, 1.165) is 0 Å². The number of benzene rings is 1. The molecule has 3 amide bonds. The first-order chi connectivity index (χ1) is 8.09. The lowest BCUT2D eigenvalue weighted by Gasteiger charge is -2.28. The van der Waals surface area contributed by atoms with Gasteiger partial charge in [0.05, 0.1) is 12.1 Å². The lowest BCUT2D eigenvalue weighted by atomic mass is 10.1. The Hall–Kier alpha value is -2.50. The second-order valence-corrected chi connectivity index (χ2v) is 3.61. The zero-order valence-electron chi connectivity index (χ0n) is 9.01. The summed E-state index contributed by atoms with van der Waals surface area (Å²) in [6.45, 7) is 0.0804. The number of para-hydroxylation sites is 1. The number of nitrogens with one attached hydrogen (secondary N) is 1. The predicted octanol–water partition coefficient (Wildman–Crippen LogP) is -0.128. The van der Waals surface area contributed by atoms with Gasteiger partial charge in [-0.1, -0.05) is 18.2 Å². The van der Waals surface area contributed by atoms with Gasteiger partial charge in [-0.2, -0.15) is 0 Å². The summed E-state index contributed by atoms with van der Waals surface area (Å²) in [6.07, 6.45) is 0. The summed E-state index contributed by atoms with van der Waals surface area (Å²) in [5.74, 6) is -0.613. The minimum absolute atomic E-state index is 0.0732. The summed E-state index contributed by atoms with van der Waals surface area (Å²) in [6, 6.07) is 8.48. The average molecular weight is 232 g/mol. The summed E-state index contributed by atoms with van der Waals surface area (Å²) in [7, 11) is 0. The van der Waals surface area contributed by atoms with Gasteiger partial charge in [-0.15, -0.1) is 0 Å². The van der Waals surface area contributed by atoms with Crippen molar-refractivity contribution in [1.29, 1.82) is 0 Å². The molecule has 0 atom stereocenters. The van der Waals surface area contributed by atoms with Crippen molar-refractivity contribution in [2.45, 2.75) is 0 Å². The number of urea groups is 1. The largest absolute Gasteiger partial charge is 0.385 e. The molecule has 0 unspecified atom stereocenters. The molecule has 0 saturated carbocycles. The molecule has 1 aromatic carbocycles. The van der Waals surface area contributed by atoms with Crippen LogP contribution in [0.1, 0.15) is 0 Å². The van der Waals surface area contributed by atoms with Gasteiger partial charge in [0.2, 0.25) is 0 Å². The zero-order valence-corrected chi connectivity index (χ0v) is 9.01. The molecule has 1 aliphatic heterocycles. The van der Waals surface area contributed by atoms with Crippen molar-refractivity contribution in [3.8, 4) is 0 Å².